The van der Waals surface area contributed by atoms with Gasteiger partial charge in [0.15, 0.2) is 0 Å². The Kier molecular flexibility index (Phi) is 4.43. The summed E-state index contributed by atoms with van der Waals surface area (Å²) in [4.78, 5) is 6.82. The molecule has 0 fully saturated rings. The normalized spacial score (nSPS) is 11.2. The number of imidazole rings is 1. The van der Waals surface area contributed by atoms with Crippen LogP contribution in [0.2, 0.25) is 0 Å². The largest absolute Gasteiger partial charge is 0.398 e. The summed E-state index contributed by atoms with van der Waals surface area (Å²) in [5.41, 5.74) is 12.9. The van der Waals surface area contributed by atoms with Gasteiger partial charge in [0.25, 0.3) is 0 Å². The molecule has 4 aromatic rings. The summed E-state index contributed by atoms with van der Waals surface area (Å²) in [7, 11) is 0. The van der Waals surface area contributed by atoms with Gasteiger partial charge in [0.1, 0.15) is 0 Å². The number of para-hydroxylation sites is 1. The van der Waals surface area contributed by atoms with Gasteiger partial charge in [0.05, 0.1) is 17.4 Å². The summed E-state index contributed by atoms with van der Waals surface area (Å²) in [6, 6.07) is 21.0. The highest BCUT2D eigenvalue weighted by molar-refractivity contribution is 7.99. The van der Waals surface area contributed by atoms with Crippen molar-refractivity contribution in [2.45, 2.75) is 30.2 Å². The van der Waals surface area contributed by atoms with Gasteiger partial charge in [-0.25, -0.2) is 4.98 Å². The highest BCUT2D eigenvalue weighted by Gasteiger charge is 2.06. The first kappa shape index (κ1) is 16.7. The zero-order chi connectivity index (χ0) is 18.1. The molecule has 0 aliphatic rings. The molecule has 0 aliphatic carbocycles. The van der Waals surface area contributed by atoms with Gasteiger partial charge in [-0.2, -0.15) is 0 Å². The minimum atomic E-state index is 0.817. The van der Waals surface area contributed by atoms with Crippen molar-refractivity contribution >= 4 is 28.5 Å². The number of aryl methyl sites for hydroxylation is 2. The molecule has 2 N–H and O–H groups in total. The third-order valence-corrected chi connectivity index (χ3v) is 5.76. The average Bonchev–Trinajstić information content (AvgIpc) is 3.01. The topological polar surface area (TPSA) is 43.8 Å². The van der Waals surface area contributed by atoms with E-state index in [4.69, 9.17) is 5.73 Å². The fraction of sp³-hybridized carbons (Fsp3) is 0.136. The summed E-state index contributed by atoms with van der Waals surface area (Å²) in [5, 5.41) is 0. The van der Waals surface area contributed by atoms with Crippen LogP contribution < -0.4 is 5.73 Å². The highest BCUT2D eigenvalue weighted by atomic mass is 32.2. The van der Waals surface area contributed by atoms with E-state index >= 15 is 0 Å². The van der Waals surface area contributed by atoms with E-state index in [0.29, 0.717) is 0 Å². The van der Waals surface area contributed by atoms with Crippen LogP contribution >= 0.6 is 11.8 Å². The predicted octanol–water partition coefficient (Wildman–Crippen LogP) is 5.43. The number of nitrogens with two attached hydrogens (primary N) is 1. The molecular weight excluding hydrogens is 338 g/mol. The molecule has 1 heterocycles. The first-order chi connectivity index (χ1) is 12.6. The zero-order valence-corrected chi connectivity index (χ0v) is 15.8. The average molecular weight is 359 g/mol. The molecule has 0 saturated heterocycles. The SMILES string of the molecule is Cc1cc2ncn(Cc3ccc(Sc4ccccc4N)cc3)c2cc1C. The number of nitrogen functional groups attached to an aromatic ring is 1. The number of hydrogen-bond acceptors (Lipinski definition) is 3. The van der Waals surface area contributed by atoms with Crippen LogP contribution in [0.5, 0.6) is 0 Å². The fourth-order valence-corrected chi connectivity index (χ4v) is 3.86. The number of fused-ring (bicyclic) bond motifs is 1. The number of benzene rings is 3. The van der Waals surface area contributed by atoms with E-state index < -0.39 is 0 Å². The lowest BCUT2D eigenvalue weighted by Gasteiger charge is -2.08. The van der Waals surface area contributed by atoms with Crippen LogP contribution in [0.25, 0.3) is 11.0 Å². The minimum Gasteiger partial charge on any atom is -0.398 e. The maximum atomic E-state index is 6.03. The van der Waals surface area contributed by atoms with E-state index in [2.05, 4.69) is 65.9 Å². The van der Waals surface area contributed by atoms with Crippen molar-refractivity contribution in [1.29, 1.82) is 0 Å². The summed E-state index contributed by atoms with van der Waals surface area (Å²) < 4.78 is 2.21. The van der Waals surface area contributed by atoms with Crippen LogP contribution in [-0.4, -0.2) is 9.55 Å². The molecule has 0 spiro atoms. The molecule has 0 radical (unpaired) electrons. The molecular formula is C22H21N3S. The smallest absolute Gasteiger partial charge is 0.0961 e. The van der Waals surface area contributed by atoms with Crippen molar-refractivity contribution in [3.63, 3.8) is 0 Å². The Labute approximate surface area is 157 Å². The Hall–Kier alpha value is -2.72. The lowest BCUT2D eigenvalue weighted by molar-refractivity contribution is 0.823. The molecule has 0 unspecified atom stereocenters. The second kappa shape index (κ2) is 6.89. The lowest BCUT2D eigenvalue weighted by atomic mass is 10.1. The molecule has 3 nitrogen and oxygen atoms in total. The molecule has 0 amide bonds. The van der Waals surface area contributed by atoms with Gasteiger partial charge in [-0.1, -0.05) is 36.0 Å². The van der Waals surface area contributed by atoms with Crippen molar-refractivity contribution in [1.82, 2.24) is 9.55 Å². The Morgan fingerprint density at radius 3 is 2.46 bits per heavy atom. The van der Waals surface area contributed by atoms with Gasteiger partial charge in [0, 0.05) is 22.0 Å². The molecule has 0 saturated carbocycles. The molecule has 0 bridgehead atoms. The maximum absolute atomic E-state index is 6.03. The quantitative estimate of drug-likeness (QED) is 0.494. The van der Waals surface area contributed by atoms with E-state index in [1.165, 1.54) is 27.1 Å². The van der Waals surface area contributed by atoms with E-state index in [1.54, 1.807) is 11.8 Å². The van der Waals surface area contributed by atoms with E-state index in [1.807, 2.05) is 24.5 Å². The molecule has 4 rings (SSSR count). The lowest BCUT2D eigenvalue weighted by Crippen LogP contribution is -1.98. The molecule has 0 atom stereocenters. The number of nitrogens with zero attached hydrogens (tertiary/aromatic N) is 2. The van der Waals surface area contributed by atoms with Crippen molar-refractivity contribution in [2.75, 3.05) is 5.73 Å². The first-order valence-electron chi connectivity index (χ1n) is 8.63. The van der Waals surface area contributed by atoms with E-state index in [9.17, 15) is 0 Å². The minimum absolute atomic E-state index is 0.817. The third-order valence-electron chi connectivity index (χ3n) is 4.66. The van der Waals surface area contributed by atoms with Crippen molar-refractivity contribution in [2.24, 2.45) is 0 Å². The second-order valence-corrected chi connectivity index (χ2v) is 7.70. The predicted molar refractivity (Wildman–Crippen MR) is 110 cm³/mol. The van der Waals surface area contributed by atoms with Crippen LogP contribution in [0.4, 0.5) is 5.69 Å². The van der Waals surface area contributed by atoms with Crippen LogP contribution in [0.3, 0.4) is 0 Å². The maximum Gasteiger partial charge on any atom is 0.0961 e. The number of aromatic nitrogens is 2. The van der Waals surface area contributed by atoms with E-state index in [0.717, 1.165) is 22.6 Å². The highest BCUT2D eigenvalue weighted by Crippen LogP contribution is 2.32. The van der Waals surface area contributed by atoms with Crippen LogP contribution in [0, 0.1) is 13.8 Å². The van der Waals surface area contributed by atoms with Gasteiger partial charge in [-0.05, 0) is 66.9 Å². The number of anilines is 1. The Bertz CT molecular complexity index is 1060. The second-order valence-electron chi connectivity index (χ2n) is 6.58. The van der Waals surface area contributed by atoms with Crippen molar-refractivity contribution in [3.8, 4) is 0 Å². The summed E-state index contributed by atoms with van der Waals surface area (Å²) in [5.74, 6) is 0. The Balaban J connectivity index is 1.55. The fourth-order valence-electron chi connectivity index (χ4n) is 3.00. The number of hydrogen-bond donors (Lipinski definition) is 1. The van der Waals surface area contributed by atoms with Gasteiger partial charge >= 0.3 is 0 Å². The molecule has 1 aromatic heterocycles. The van der Waals surface area contributed by atoms with Gasteiger partial charge in [-0.3, -0.25) is 0 Å². The third kappa shape index (κ3) is 3.33. The standard InChI is InChI=1S/C22H21N3S/c1-15-11-20-21(12-16(15)2)25(14-24-20)13-17-7-9-18(10-8-17)26-22-6-4-3-5-19(22)23/h3-12,14H,13,23H2,1-2H3. The van der Waals surface area contributed by atoms with E-state index in [-0.39, 0.29) is 0 Å². The Morgan fingerprint density at radius 2 is 1.69 bits per heavy atom. The van der Waals surface area contributed by atoms with Gasteiger partial charge < -0.3 is 10.3 Å². The van der Waals surface area contributed by atoms with Crippen molar-refractivity contribution < 1.29 is 0 Å². The van der Waals surface area contributed by atoms with Gasteiger partial charge in [-0.15, -0.1) is 0 Å². The first-order valence-corrected chi connectivity index (χ1v) is 9.45. The van der Waals surface area contributed by atoms with Crippen LogP contribution in [0.15, 0.2) is 76.8 Å². The number of rotatable bonds is 4. The van der Waals surface area contributed by atoms with Crippen molar-refractivity contribution in [3.05, 3.63) is 83.7 Å². The van der Waals surface area contributed by atoms with Gasteiger partial charge in [0.2, 0.25) is 0 Å². The molecule has 3 aromatic carbocycles. The molecule has 0 aliphatic heterocycles. The van der Waals surface area contributed by atoms with Crippen LogP contribution in [0.1, 0.15) is 16.7 Å². The summed E-state index contributed by atoms with van der Waals surface area (Å²) in [6.45, 7) is 5.09. The van der Waals surface area contributed by atoms with Crippen LogP contribution in [-0.2, 0) is 6.54 Å². The summed E-state index contributed by atoms with van der Waals surface area (Å²) in [6.07, 6.45) is 1.93. The molecule has 4 heteroatoms. The molecule has 130 valence electrons. The zero-order valence-electron chi connectivity index (χ0n) is 14.9. The monoisotopic (exact) mass is 359 g/mol. The Morgan fingerprint density at radius 1 is 0.962 bits per heavy atom. The molecule has 26 heavy (non-hydrogen) atoms. The summed E-state index contributed by atoms with van der Waals surface area (Å²) >= 11 is 1.69.